The van der Waals surface area contributed by atoms with E-state index in [2.05, 4.69) is 25.3 Å². The van der Waals surface area contributed by atoms with Crippen molar-refractivity contribution in [1.29, 1.82) is 0 Å². The quantitative estimate of drug-likeness (QED) is 0.410. The summed E-state index contributed by atoms with van der Waals surface area (Å²) in [7, 11) is -2.30. The monoisotopic (exact) mass is 553 g/mol. The molecule has 3 N–H and O–H groups in total. The number of aromatic nitrogens is 3. The standard InChI is InChI=1S/C22H25Cl2N7O4S/c1-14(32)27-12-22(7-3-10-31(13-22)36(34,35)29-21-25-8-4-9-26-21)28-20(33)18-11-15-17(30(18)2)6-5-16(23)19(15)24/h4-6,8-9,11H,3,7,10,12-13H2,1-2H3,(H,27,32)(H,28,33)(H,25,26,29). The molecule has 1 aliphatic rings. The van der Waals surface area contributed by atoms with Crippen LogP contribution in [0.15, 0.2) is 36.7 Å². The molecule has 2 aromatic heterocycles. The van der Waals surface area contributed by atoms with Gasteiger partial charge in [0.1, 0.15) is 5.69 Å². The maximum absolute atomic E-state index is 13.5. The molecule has 0 saturated carbocycles. The van der Waals surface area contributed by atoms with E-state index in [9.17, 15) is 18.0 Å². The fourth-order valence-electron chi connectivity index (χ4n) is 4.28. The van der Waals surface area contributed by atoms with Crippen LogP contribution in [-0.2, 0) is 22.1 Å². The highest BCUT2D eigenvalue weighted by atomic mass is 35.5. The fourth-order valence-corrected chi connectivity index (χ4v) is 5.91. The summed E-state index contributed by atoms with van der Waals surface area (Å²) >= 11 is 12.5. The zero-order valence-corrected chi connectivity index (χ0v) is 21.9. The Labute approximate surface area is 218 Å². The molecule has 0 aliphatic carbocycles. The van der Waals surface area contributed by atoms with Gasteiger partial charge in [-0.1, -0.05) is 23.2 Å². The number of fused-ring (bicyclic) bond motifs is 1. The zero-order chi connectivity index (χ0) is 26.1. The minimum atomic E-state index is -4.03. The lowest BCUT2D eigenvalue weighted by molar-refractivity contribution is -0.119. The van der Waals surface area contributed by atoms with E-state index < -0.39 is 21.7 Å². The first kappa shape index (κ1) is 26.1. The summed E-state index contributed by atoms with van der Waals surface area (Å²) in [6.07, 6.45) is 3.74. The number of amides is 2. The van der Waals surface area contributed by atoms with Gasteiger partial charge in [0, 0.05) is 56.9 Å². The second kappa shape index (κ2) is 10.2. The van der Waals surface area contributed by atoms with Gasteiger partial charge < -0.3 is 15.2 Å². The van der Waals surface area contributed by atoms with Crippen LogP contribution in [0.25, 0.3) is 10.9 Å². The molecule has 11 nitrogen and oxygen atoms in total. The molecule has 3 aromatic rings. The normalized spacial score (nSPS) is 18.7. The van der Waals surface area contributed by atoms with Crippen molar-refractivity contribution in [2.24, 2.45) is 7.05 Å². The Morgan fingerprint density at radius 2 is 1.92 bits per heavy atom. The molecule has 4 rings (SSSR count). The Balaban J connectivity index is 1.63. The van der Waals surface area contributed by atoms with Gasteiger partial charge in [-0.2, -0.15) is 12.7 Å². The molecule has 0 bridgehead atoms. The summed E-state index contributed by atoms with van der Waals surface area (Å²) in [5.41, 5.74) is -0.0388. The van der Waals surface area contributed by atoms with Gasteiger partial charge in [-0.3, -0.25) is 9.59 Å². The molecule has 1 aromatic carbocycles. The van der Waals surface area contributed by atoms with Crippen LogP contribution in [0.5, 0.6) is 0 Å². The maximum atomic E-state index is 13.5. The Bertz CT molecular complexity index is 1410. The first-order valence-electron chi connectivity index (χ1n) is 11.1. The number of carbonyl (C=O) groups is 2. The lowest BCUT2D eigenvalue weighted by atomic mass is 9.89. The molecule has 1 unspecified atom stereocenters. The highest BCUT2D eigenvalue weighted by Gasteiger charge is 2.41. The lowest BCUT2D eigenvalue weighted by Crippen LogP contribution is -2.64. The van der Waals surface area contributed by atoms with Crippen LogP contribution in [-0.4, -0.2) is 64.2 Å². The van der Waals surface area contributed by atoms with Gasteiger partial charge in [-0.15, -0.1) is 0 Å². The third-order valence-corrected chi connectivity index (χ3v) is 8.32. The Kier molecular flexibility index (Phi) is 7.41. The summed E-state index contributed by atoms with van der Waals surface area (Å²) in [6.45, 7) is 1.55. The van der Waals surface area contributed by atoms with Crippen LogP contribution in [0.1, 0.15) is 30.3 Å². The first-order valence-corrected chi connectivity index (χ1v) is 13.3. The zero-order valence-electron chi connectivity index (χ0n) is 19.6. The predicted molar refractivity (Wildman–Crippen MR) is 137 cm³/mol. The number of carbonyl (C=O) groups excluding carboxylic acids is 2. The van der Waals surface area contributed by atoms with Gasteiger partial charge >= 0.3 is 10.2 Å². The molecule has 14 heteroatoms. The highest BCUT2D eigenvalue weighted by Crippen LogP contribution is 2.33. The molecule has 1 atom stereocenters. The average molecular weight is 554 g/mol. The van der Waals surface area contributed by atoms with Crippen LogP contribution in [0.4, 0.5) is 5.95 Å². The molecule has 0 radical (unpaired) electrons. The van der Waals surface area contributed by atoms with E-state index in [1.807, 2.05) is 0 Å². The number of benzene rings is 1. The van der Waals surface area contributed by atoms with Crippen molar-refractivity contribution in [2.45, 2.75) is 25.3 Å². The van der Waals surface area contributed by atoms with Crippen molar-refractivity contribution in [3.05, 3.63) is 52.4 Å². The third-order valence-electron chi connectivity index (χ3n) is 6.07. The second-order valence-corrected chi connectivity index (χ2v) is 11.1. The summed E-state index contributed by atoms with van der Waals surface area (Å²) < 4.78 is 31.4. The van der Waals surface area contributed by atoms with Crippen molar-refractivity contribution in [3.8, 4) is 0 Å². The second-order valence-electron chi connectivity index (χ2n) is 8.64. The molecule has 1 fully saturated rings. The van der Waals surface area contributed by atoms with E-state index in [1.54, 1.807) is 35.9 Å². The number of halogens is 2. The van der Waals surface area contributed by atoms with E-state index in [1.165, 1.54) is 23.6 Å². The van der Waals surface area contributed by atoms with Crippen molar-refractivity contribution < 1.29 is 18.0 Å². The topological polar surface area (TPSA) is 138 Å². The predicted octanol–water partition coefficient (Wildman–Crippen LogP) is 2.33. The number of aryl methyl sites for hydroxylation is 1. The van der Waals surface area contributed by atoms with Gasteiger partial charge in [0.05, 0.1) is 15.6 Å². The number of hydrogen-bond donors (Lipinski definition) is 3. The summed E-state index contributed by atoms with van der Waals surface area (Å²) in [6, 6.07) is 6.62. The van der Waals surface area contributed by atoms with Crippen LogP contribution < -0.4 is 15.4 Å². The van der Waals surface area contributed by atoms with Gasteiger partial charge in [0.2, 0.25) is 11.9 Å². The fraction of sp³-hybridized carbons (Fsp3) is 0.364. The molecule has 36 heavy (non-hydrogen) atoms. The number of nitrogens with one attached hydrogen (secondary N) is 3. The number of hydrogen-bond acceptors (Lipinski definition) is 6. The van der Waals surface area contributed by atoms with Crippen LogP contribution in [0.3, 0.4) is 0 Å². The van der Waals surface area contributed by atoms with Gasteiger partial charge in [-0.05, 0) is 37.1 Å². The van der Waals surface area contributed by atoms with Gasteiger partial charge in [-0.25, -0.2) is 14.7 Å². The smallest absolute Gasteiger partial charge is 0.304 e. The summed E-state index contributed by atoms with van der Waals surface area (Å²) in [5, 5.41) is 7.04. The Hall–Kier alpha value is -2.93. The van der Waals surface area contributed by atoms with Crippen molar-refractivity contribution in [2.75, 3.05) is 24.4 Å². The first-order chi connectivity index (χ1) is 17.0. The van der Waals surface area contributed by atoms with Crippen LogP contribution in [0, 0.1) is 0 Å². The van der Waals surface area contributed by atoms with Crippen molar-refractivity contribution in [3.63, 3.8) is 0 Å². The number of anilines is 1. The molecular weight excluding hydrogens is 529 g/mol. The average Bonchev–Trinajstić information content (AvgIpc) is 3.18. The molecular formula is C22H25Cl2N7O4S. The van der Waals surface area contributed by atoms with Crippen LogP contribution in [0.2, 0.25) is 10.0 Å². The Morgan fingerprint density at radius 1 is 1.19 bits per heavy atom. The Morgan fingerprint density at radius 3 is 2.61 bits per heavy atom. The summed E-state index contributed by atoms with van der Waals surface area (Å²) in [5.74, 6) is -0.805. The van der Waals surface area contributed by atoms with Crippen molar-refractivity contribution >= 4 is 62.1 Å². The molecule has 1 aliphatic heterocycles. The van der Waals surface area contributed by atoms with E-state index in [0.717, 1.165) is 0 Å². The molecule has 3 heterocycles. The third kappa shape index (κ3) is 5.41. The number of nitrogens with zero attached hydrogens (tertiary/aromatic N) is 4. The number of piperidine rings is 1. The highest BCUT2D eigenvalue weighted by molar-refractivity contribution is 7.90. The van der Waals surface area contributed by atoms with Crippen molar-refractivity contribution in [1.82, 2.24) is 29.5 Å². The van der Waals surface area contributed by atoms with Crippen LogP contribution >= 0.6 is 23.2 Å². The minimum Gasteiger partial charge on any atom is -0.354 e. The summed E-state index contributed by atoms with van der Waals surface area (Å²) in [4.78, 5) is 33.0. The number of rotatable bonds is 7. The van der Waals surface area contributed by atoms with E-state index in [-0.39, 0.29) is 31.5 Å². The molecule has 192 valence electrons. The maximum Gasteiger partial charge on any atom is 0.304 e. The van der Waals surface area contributed by atoms with E-state index in [0.29, 0.717) is 39.5 Å². The molecule has 1 saturated heterocycles. The minimum absolute atomic E-state index is 0.0401. The largest absolute Gasteiger partial charge is 0.354 e. The molecule has 0 spiro atoms. The lowest BCUT2D eigenvalue weighted by Gasteiger charge is -2.42. The van der Waals surface area contributed by atoms with E-state index >= 15 is 0 Å². The van der Waals surface area contributed by atoms with E-state index in [4.69, 9.17) is 23.2 Å². The van der Waals surface area contributed by atoms with Gasteiger partial charge in [0.15, 0.2) is 0 Å². The SMILES string of the molecule is CC(=O)NCC1(NC(=O)c2cc3c(Cl)c(Cl)ccc3n2C)CCCN(S(=O)(=O)Nc2ncccn2)C1. The van der Waals surface area contributed by atoms with Gasteiger partial charge in [0.25, 0.3) is 5.91 Å². The molecule has 2 amide bonds.